The molecule has 0 atom stereocenters. The fourth-order valence-corrected chi connectivity index (χ4v) is 4.01. The summed E-state index contributed by atoms with van der Waals surface area (Å²) in [5, 5.41) is 5.87. The molecule has 0 fully saturated rings. The van der Waals surface area contributed by atoms with Gasteiger partial charge in [-0.05, 0) is 61.0 Å². The van der Waals surface area contributed by atoms with Gasteiger partial charge in [-0.1, -0.05) is 62.4 Å². The Morgan fingerprint density at radius 2 is 1.58 bits per heavy atom. The lowest BCUT2D eigenvalue weighted by atomic mass is 10.1. The molecule has 2 amide bonds. The molecule has 0 aliphatic rings. The predicted molar refractivity (Wildman–Crippen MR) is 149 cm³/mol. The lowest BCUT2D eigenvalue weighted by molar-refractivity contribution is 0.0755. The largest absolute Gasteiger partial charge is 0.492 e. The average molecular weight is 504 g/mol. The van der Waals surface area contributed by atoms with Gasteiger partial charge in [0.05, 0.1) is 12.2 Å². The van der Waals surface area contributed by atoms with E-state index in [-0.39, 0.29) is 16.9 Å². The maximum Gasteiger partial charge on any atom is 0.261 e. The Kier molecular flexibility index (Phi) is 10.5. The molecule has 188 valence electrons. The summed E-state index contributed by atoms with van der Waals surface area (Å²) in [6.45, 7) is 5.99. The summed E-state index contributed by atoms with van der Waals surface area (Å²) >= 11 is 5.37. The van der Waals surface area contributed by atoms with Crippen molar-refractivity contribution in [3.05, 3.63) is 95.6 Å². The van der Waals surface area contributed by atoms with Crippen molar-refractivity contribution in [3.63, 3.8) is 0 Å². The summed E-state index contributed by atoms with van der Waals surface area (Å²) in [5.74, 6) is 0.110. The van der Waals surface area contributed by atoms with Crippen molar-refractivity contribution in [1.29, 1.82) is 0 Å². The van der Waals surface area contributed by atoms with Gasteiger partial charge in [0, 0.05) is 30.8 Å². The van der Waals surface area contributed by atoms with Crippen LogP contribution in [0.3, 0.4) is 0 Å². The minimum Gasteiger partial charge on any atom is -0.492 e. The summed E-state index contributed by atoms with van der Waals surface area (Å²) in [5.41, 5.74) is 2.77. The van der Waals surface area contributed by atoms with Crippen molar-refractivity contribution in [2.45, 2.75) is 33.1 Å². The van der Waals surface area contributed by atoms with Gasteiger partial charge in [-0.3, -0.25) is 14.9 Å². The van der Waals surface area contributed by atoms with Gasteiger partial charge in [-0.25, -0.2) is 0 Å². The third kappa shape index (κ3) is 7.92. The quantitative estimate of drug-likeness (QED) is 0.329. The third-order valence-electron chi connectivity index (χ3n) is 5.49. The Bertz CT molecular complexity index is 1160. The van der Waals surface area contributed by atoms with E-state index < -0.39 is 0 Å². The van der Waals surface area contributed by atoms with Crippen molar-refractivity contribution >= 4 is 34.8 Å². The van der Waals surface area contributed by atoms with E-state index in [1.54, 1.807) is 42.5 Å². The van der Waals surface area contributed by atoms with Crippen LogP contribution in [0.2, 0.25) is 0 Å². The van der Waals surface area contributed by atoms with E-state index in [0.717, 1.165) is 24.8 Å². The monoisotopic (exact) mass is 503 g/mol. The van der Waals surface area contributed by atoms with Crippen LogP contribution in [0.1, 0.15) is 53.0 Å². The number of benzene rings is 3. The number of thiocarbonyl (C=S) groups is 1. The van der Waals surface area contributed by atoms with Crippen LogP contribution in [-0.4, -0.2) is 41.5 Å². The van der Waals surface area contributed by atoms with Crippen LogP contribution in [0.5, 0.6) is 5.75 Å². The van der Waals surface area contributed by atoms with Gasteiger partial charge in [0.1, 0.15) is 5.75 Å². The highest BCUT2D eigenvalue weighted by Crippen LogP contribution is 2.19. The molecule has 0 aliphatic carbocycles. The summed E-state index contributed by atoms with van der Waals surface area (Å²) in [4.78, 5) is 27.7. The van der Waals surface area contributed by atoms with Crippen molar-refractivity contribution < 1.29 is 14.3 Å². The first-order chi connectivity index (χ1) is 17.5. The molecule has 0 aromatic heterocycles. The highest BCUT2D eigenvalue weighted by atomic mass is 32.1. The number of amides is 2. The molecule has 3 rings (SSSR count). The fraction of sp³-hybridized carbons (Fsp3) is 0.276. The van der Waals surface area contributed by atoms with Gasteiger partial charge in [0.25, 0.3) is 11.8 Å². The molecule has 0 heterocycles. The van der Waals surface area contributed by atoms with Crippen molar-refractivity contribution in [2.75, 3.05) is 25.0 Å². The molecule has 0 bridgehead atoms. The van der Waals surface area contributed by atoms with Gasteiger partial charge in [-0.15, -0.1) is 0 Å². The van der Waals surface area contributed by atoms with Crippen LogP contribution >= 0.6 is 12.2 Å². The third-order valence-corrected chi connectivity index (χ3v) is 5.70. The fourth-order valence-electron chi connectivity index (χ4n) is 3.80. The number of rotatable bonds is 11. The maximum atomic E-state index is 12.9. The molecular weight excluding hydrogens is 470 g/mol. The first-order valence-corrected chi connectivity index (χ1v) is 12.7. The summed E-state index contributed by atoms with van der Waals surface area (Å²) in [6, 6.07) is 24.3. The van der Waals surface area contributed by atoms with E-state index in [0.29, 0.717) is 42.3 Å². The van der Waals surface area contributed by atoms with E-state index in [1.165, 1.54) is 0 Å². The van der Waals surface area contributed by atoms with Crippen molar-refractivity contribution in [3.8, 4) is 5.75 Å². The van der Waals surface area contributed by atoms with Crippen LogP contribution in [-0.2, 0) is 6.42 Å². The predicted octanol–water partition coefficient (Wildman–Crippen LogP) is 5.70. The molecule has 0 aliphatic heterocycles. The second kappa shape index (κ2) is 14.0. The smallest absolute Gasteiger partial charge is 0.261 e. The first-order valence-electron chi connectivity index (χ1n) is 12.3. The highest BCUT2D eigenvalue weighted by molar-refractivity contribution is 7.80. The molecule has 0 spiro atoms. The van der Waals surface area contributed by atoms with Crippen LogP contribution in [0.4, 0.5) is 5.69 Å². The zero-order valence-electron chi connectivity index (χ0n) is 20.8. The Morgan fingerprint density at radius 3 is 2.31 bits per heavy atom. The number of nitrogens with one attached hydrogen (secondary N) is 2. The number of nitrogens with zero attached hydrogens (tertiary/aromatic N) is 1. The second-order valence-corrected chi connectivity index (χ2v) is 8.77. The molecule has 2 N–H and O–H groups in total. The molecular formula is C29H33N3O3S. The first kappa shape index (κ1) is 26.9. The van der Waals surface area contributed by atoms with Crippen LogP contribution in [0.15, 0.2) is 78.9 Å². The molecule has 36 heavy (non-hydrogen) atoms. The van der Waals surface area contributed by atoms with Gasteiger partial charge in [0.15, 0.2) is 5.11 Å². The lowest BCUT2D eigenvalue weighted by Gasteiger charge is -2.22. The number of hydrogen-bond donors (Lipinski definition) is 2. The highest BCUT2D eigenvalue weighted by Gasteiger charge is 2.16. The molecule has 0 saturated carbocycles. The zero-order valence-corrected chi connectivity index (χ0v) is 21.6. The number of para-hydroxylation sites is 1. The van der Waals surface area contributed by atoms with E-state index in [9.17, 15) is 9.59 Å². The van der Waals surface area contributed by atoms with Gasteiger partial charge >= 0.3 is 0 Å². The Hall–Kier alpha value is -3.71. The van der Waals surface area contributed by atoms with Gasteiger partial charge in [-0.2, -0.15) is 0 Å². The number of ether oxygens (including phenoxy) is 1. The van der Waals surface area contributed by atoms with Gasteiger partial charge < -0.3 is 15.0 Å². The van der Waals surface area contributed by atoms with Crippen molar-refractivity contribution in [2.24, 2.45) is 0 Å². The van der Waals surface area contributed by atoms with Gasteiger partial charge in [0.2, 0.25) is 0 Å². The second-order valence-electron chi connectivity index (χ2n) is 8.36. The minimum absolute atomic E-state index is 0.0149. The van der Waals surface area contributed by atoms with E-state index in [4.69, 9.17) is 17.0 Å². The number of carbonyl (C=O) groups excluding carboxylic acids is 2. The number of hydrogen-bond acceptors (Lipinski definition) is 4. The van der Waals surface area contributed by atoms with Crippen LogP contribution in [0.25, 0.3) is 0 Å². The Balaban J connectivity index is 1.60. The number of anilines is 1. The zero-order chi connectivity index (χ0) is 25.8. The summed E-state index contributed by atoms with van der Waals surface area (Å²) < 4.78 is 5.90. The molecule has 3 aromatic carbocycles. The van der Waals surface area contributed by atoms with E-state index in [2.05, 4.69) is 24.5 Å². The lowest BCUT2D eigenvalue weighted by Crippen LogP contribution is -2.34. The standard InChI is InChI=1S/C29H33N3O3S/c1-3-18-32(19-4-2)28(34)23-13-10-14-24(21-23)30-29(36)31-27(33)25-15-8-9-16-26(25)35-20-17-22-11-6-5-7-12-22/h5-16,21H,3-4,17-20H2,1-2H3,(H2,30,31,33,36). The average Bonchev–Trinajstić information content (AvgIpc) is 2.89. The Morgan fingerprint density at radius 1 is 0.889 bits per heavy atom. The van der Waals surface area contributed by atoms with Crippen molar-refractivity contribution in [1.82, 2.24) is 10.2 Å². The van der Waals surface area contributed by atoms with Crippen LogP contribution < -0.4 is 15.4 Å². The molecule has 3 aromatic rings. The maximum absolute atomic E-state index is 12.9. The molecule has 6 nitrogen and oxygen atoms in total. The molecule has 0 saturated heterocycles. The van der Waals surface area contributed by atoms with E-state index >= 15 is 0 Å². The topological polar surface area (TPSA) is 70.7 Å². The van der Waals surface area contributed by atoms with Crippen LogP contribution in [0, 0.1) is 0 Å². The summed E-state index contributed by atoms with van der Waals surface area (Å²) in [7, 11) is 0. The SMILES string of the molecule is CCCN(CCC)C(=O)c1cccc(NC(=S)NC(=O)c2ccccc2OCCc2ccccc2)c1. The van der Waals surface area contributed by atoms with E-state index in [1.807, 2.05) is 41.3 Å². The Labute approximate surface area is 218 Å². The minimum atomic E-state index is -0.368. The molecule has 7 heteroatoms. The normalized spacial score (nSPS) is 10.4. The molecule has 0 radical (unpaired) electrons. The number of carbonyl (C=O) groups is 2. The molecule has 0 unspecified atom stereocenters. The summed E-state index contributed by atoms with van der Waals surface area (Å²) in [6.07, 6.45) is 2.54.